The lowest BCUT2D eigenvalue weighted by Gasteiger charge is -2.31. The second-order valence-electron chi connectivity index (χ2n) is 5.31. The SMILES string of the molecule is CN1CCC(CN(C)C(=O)c2cc(C(=O)O)on2)CC1. The summed E-state index contributed by atoms with van der Waals surface area (Å²) in [4.78, 5) is 26.7. The van der Waals surface area contributed by atoms with Crippen molar-refractivity contribution in [3.63, 3.8) is 0 Å². The molecule has 1 fully saturated rings. The monoisotopic (exact) mass is 281 g/mol. The average molecular weight is 281 g/mol. The average Bonchev–Trinajstić information content (AvgIpc) is 2.90. The van der Waals surface area contributed by atoms with E-state index in [2.05, 4.69) is 21.6 Å². The van der Waals surface area contributed by atoms with Gasteiger partial charge in [0, 0.05) is 19.7 Å². The number of carboxylic acids is 1. The largest absolute Gasteiger partial charge is 0.475 e. The van der Waals surface area contributed by atoms with Crippen molar-refractivity contribution in [1.82, 2.24) is 15.0 Å². The Morgan fingerprint density at radius 3 is 2.70 bits per heavy atom. The van der Waals surface area contributed by atoms with Gasteiger partial charge in [-0.05, 0) is 38.9 Å². The molecule has 1 aromatic rings. The van der Waals surface area contributed by atoms with Crippen molar-refractivity contribution in [1.29, 1.82) is 0 Å². The first-order valence-corrected chi connectivity index (χ1v) is 6.61. The number of piperidine rings is 1. The van der Waals surface area contributed by atoms with Gasteiger partial charge in [-0.2, -0.15) is 0 Å². The van der Waals surface area contributed by atoms with Crippen molar-refractivity contribution in [3.8, 4) is 0 Å². The standard InChI is InChI=1S/C13H19N3O4/c1-15-5-3-9(4-6-15)8-16(2)12(17)10-7-11(13(18)19)20-14-10/h7,9H,3-6,8H2,1-2H3,(H,18,19). The summed E-state index contributed by atoms with van der Waals surface area (Å²) in [5.74, 6) is -1.37. The van der Waals surface area contributed by atoms with E-state index in [-0.39, 0.29) is 17.4 Å². The first-order valence-electron chi connectivity index (χ1n) is 6.61. The predicted molar refractivity (Wildman–Crippen MR) is 70.6 cm³/mol. The van der Waals surface area contributed by atoms with Gasteiger partial charge in [0.05, 0.1) is 0 Å². The molecule has 0 aromatic carbocycles. The molecule has 7 heteroatoms. The minimum absolute atomic E-state index is 0.0397. The maximum absolute atomic E-state index is 12.1. The number of aromatic carboxylic acids is 1. The summed E-state index contributed by atoms with van der Waals surface area (Å²) in [5, 5.41) is 12.2. The molecule has 20 heavy (non-hydrogen) atoms. The van der Waals surface area contributed by atoms with Crippen LogP contribution in [0.5, 0.6) is 0 Å². The molecule has 0 atom stereocenters. The molecule has 7 nitrogen and oxygen atoms in total. The first-order chi connectivity index (χ1) is 9.47. The van der Waals surface area contributed by atoms with Gasteiger partial charge in [-0.15, -0.1) is 0 Å². The summed E-state index contributed by atoms with van der Waals surface area (Å²) in [6.45, 7) is 2.74. The van der Waals surface area contributed by atoms with Crippen LogP contribution in [0, 0.1) is 5.92 Å². The van der Waals surface area contributed by atoms with Crippen LogP contribution in [-0.4, -0.2) is 65.7 Å². The lowest BCUT2D eigenvalue weighted by atomic mass is 9.96. The van der Waals surface area contributed by atoms with Crippen LogP contribution in [0.15, 0.2) is 10.6 Å². The fourth-order valence-electron chi connectivity index (χ4n) is 2.39. The van der Waals surface area contributed by atoms with E-state index >= 15 is 0 Å². The fraction of sp³-hybridized carbons (Fsp3) is 0.615. The summed E-state index contributed by atoms with van der Waals surface area (Å²) in [7, 11) is 3.80. The smallest absolute Gasteiger partial charge is 0.374 e. The number of aromatic nitrogens is 1. The zero-order chi connectivity index (χ0) is 14.7. The van der Waals surface area contributed by atoms with Gasteiger partial charge in [0.1, 0.15) is 0 Å². The lowest BCUT2D eigenvalue weighted by Crippen LogP contribution is -2.38. The number of carbonyl (C=O) groups is 2. The Kier molecular flexibility index (Phi) is 4.39. The molecule has 0 unspecified atom stereocenters. The molecule has 0 spiro atoms. The van der Waals surface area contributed by atoms with Crippen molar-refractivity contribution in [2.45, 2.75) is 12.8 Å². The van der Waals surface area contributed by atoms with Gasteiger partial charge in [-0.25, -0.2) is 4.79 Å². The van der Waals surface area contributed by atoms with Gasteiger partial charge in [0.25, 0.3) is 5.91 Å². The molecule has 1 aromatic heterocycles. The van der Waals surface area contributed by atoms with Gasteiger partial charge < -0.3 is 19.4 Å². The van der Waals surface area contributed by atoms with Gasteiger partial charge in [0.2, 0.25) is 5.76 Å². The minimum atomic E-state index is -1.23. The van der Waals surface area contributed by atoms with Crippen molar-refractivity contribution >= 4 is 11.9 Å². The Bertz CT molecular complexity index is 492. The third-order valence-corrected chi connectivity index (χ3v) is 3.66. The van der Waals surface area contributed by atoms with Gasteiger partial charge in [0.15, 0.2) is 5.69 Å². The first kappa shape index (κ1) is 14.5. The van der Waals surface area contributed by atoms with Crippen LogP contribution >= 0.6 is 0 Å². The zero-order valence-electron chi connectivity index (χ0n) is 11.7. The predicted octanol–water partition coefficient (Wildman–Crippen LogP) is 0.787. The highest BCUT2D eigenvalue weighted by Gasteiger charge is 2.23. The Labute approximate surface area is 117 Å². The van der Waals surface area contributed by atoms with E-state index in [1.165, 1.54) is 0 Å². The molecule has 0 bridgehead atoms. The van der Waals surface area contributed by atoms with Crippen LogP contribution in [0.1, 0.15) is 33.9 Å². The Morgan fingerprint density at radius 1 is 1.50 bits per heavy atom. The van der Waals surface area contributed by atoms with E-state index < -0.39 is 5.97 Å². The van der Waals surface area contributed by atoms with E-state index in [1.807, 2.05) is 0 Å². The van der Waals surface area contributed by atoms with E-state index in [9.17, 15) is 9.59 Å². The van der Waals surface area contributed by atoms with Crippen molar-refractivity contribution < 1.29 is 19.2 Å². The van der Waals surface area contributed by atoms with Crippen molar-refractivity contribution in [2.24, 2.45) is 5.92 Å². The number of amides is 1. The maximum atomic E-state index is 12.1. The fourth-order valence-corrected chi connectivity index (χ4v) is 2.39. The van der Waals surface area contributed by atoms with Crippen LogP contribution in [0.4, 0.5) is 0 Å². The highest BCUT2D eigenvalue weighted by Crippen LogP contribution is 2.17. The Hall–Kier alpha value is -1.89. The highest BCUT2D eigenvalue weighted by molar-refractivity contribution is 5.94. The summed E-state index contributed by atoms with van der Waals surface area (Å²) in [5.41, 5.74) is 0.0397. The molecule has 110 valence electrons. The maximum Gasteiger partial charge on any atom is 0.374 e. The van der Waals surface area contributed by atoms with E-state index in [0.29, 0.717) is 12.5 Å². The Morgan fingerprint density at radius 2 is 2.15 bits per heavy atom. The van der Waals surface area contributed by atoms with E-state index in [0.717, 1.165) is 32.0 Å². The normalized spacial score (nSPS) is 17.1. The van der Waals surface area contributed by atoms with Crippen molar-refractivity contribution in [2.75, 3.05) is 33.7 Å². The van der Waals surface area contributed by atoms with E-state index in [4.69, 9.17) is 5.11 Å². The number of hydrogen-bond donors (Lipinski definition) is 1. The topological polar surface area (TPSA) is 86.9 Å². The van der Waals surface area contributed by atoms with Crippen LogP contribution in [0.25, 0.3) is 0 Å². The molecule has 0 radical (unpaired) electrons. The summed E-state index contributed by atoms with van der Waals surface area (Å²) in [6.07, 6.45) is 2.13. The molecule has 1 aliphatic heterocycles. The molecule has 1 N–H and O–H groups in total. The highest BCUT2D eigenvalue weighted by atomic mass is 16.5. The molecule has 1 amide bonds. The summed E-state index contributed by atoms with van der Waals surface area (Å²) >= 11 is 0. The minimum Gasteiger partial charge on any atom is -0.475 e. The molecule has 0 aliphatic carbocycles. The number of carbonyl (C=O) groups excluding carboxylic acids is 1. The molecular weight excluding hydrogens is 262 g/mol. The number of rotatable bonds is 4. The Balaban J connectivity index is 1.92. The van der Waals surface area contributed by atoms with Crippen LogP contribution in [0.2, 0.25) is 0 Å². The summed E-state index contributed by atoms with van der Waals surface area (Å²) in [6, 6.07) is 1.16. The van der Waals surface area contributed by atoms with Gasteiger partial charge >= 0.3 is 5.97 Å². The van der Waals surface area contributed by atoms with Crippen LogP contribution in [0.3, 0.4) is 0 Å². The molecular formula is C13H19N3O4. The summed E-state index contributed by atoms with van der Waals surface area (Å²) < 4.78 is 4.60. The van der Waals surface area contributed by atoms with Crippen LogP contribution < -0.4 is 0 Å². The van der Waals surface area contributed by atoms with Gasteiger partial charge in [-0.1, -0.05) is 5.16 Å². The second-order valence-corrected chi connectivity index (χ2v) is 5.31. The molecule has 1 saturated heterocycles. The van der Waals surface area contributed by atoms with Crippen molar-refractivity contribution in [3.05, 3.63) is 17.5 Å². The molecule has 0 saturated carbocycles. The number of carboxylic acid groups (broad SMARTS) is 1. The van der Waals surface area contributed by atoms with E-state index in [1.54, 1.807) is 11.9 Å². The lowest BCUT2D eigenvalue weighted by molar-refractivity contribution is 0.0648. The van der Waals surface area contributed by atoms with Gasteiger partial charge in [-0.3, -0.25) is 4.79 Å². The third kappa shape index (κ3) is 3.36. The second kappa shape index (κ2) is 6.04. The zero-order valence-corrected chi connectivity index (χ0v) is 11.7. The van der Waals surface area contributed by atoms with Crippen LogP contribution in [-0.2, 0) is 0 Å². The number of likely N-dealkylation sites (tertiary alicyclic amines) is 1. The molecule has 2 heterocycles. The number of hydrogen-bond acceptors (Lipinski definition) is 5. The molecule has 2 rings (SSSR count). The third-order valence-electron chi connectivity index (χ3n) is 3.66. The number of nitrogens with zero attached hydrogens (tertiary/aromatic N) is 3. The quantitative estimate of drug-likeness (QED) is 0.878. The molecule has 1 aliphatic rings.